The molecule has 1 aromatic carbocycles. The lowest BCUT2D eigenvalue weighted by atomic mass is 10.1. The van der Waals surface area contributed by atoms with Crippen molar-refractivity contribution >= 4 is 17.6 Å². The molecule has 2 nitrogen and oxygen atoms in total. The van der Waals surface area contributed by atoms with Gasteiger partial charge in [-0.25, -0.2) is 8.78 Å². The van der Waals surface area contributed by atoms with E-state index in [1.54, 1.807) is 13.8 Å². The van der Waals surface area contributed by atoms with Gasteiger partial charge in [0.25, 0.3) is 0 Å². The first-order valence-electron chi connectivity index (χ1n) is 7.42. The van der Waals surface area contributed by atoms with Crippen molar-refractivity contribution in [1.82, 2.24) is 0 Å². The van der Waals surface area contributed by atoms with Gasteiger partial charge in [0, 0.05) is 0 Å². The number of hydrogen-bond acceptors (Lipinski definition) is 2. The second kappa shape index (κ2) is 6.59. The third-order valence-corrected chi connectivity index (χ3v) is 4.84. The summed E-state index contributed by atoms with van der Waals surface area (Å²) in [4.78, 5) is 12.1. The van der Waals surface area contributed by atoms with Crippen LogP contribution in [-0.2, 0) is 16.1 Å². The number of halogens is 6. The van der Waals surface area contributed by atoms with Gasteiger partial charge in [-0.05, 0) is 29.9 Å². The molecule has 2 rings (SSSR count). The Hall–Kier alpha value is -1.63. The number of allylic oxidation sites excluding steroid dienone is 2. The minimum atomic E-state index is -4.69. The van der Waals surface area contributed by atoms with E-state index in [9.17, 15) is 26.7 Å². The van der Waals surface area contributed by atoms with Gasteiger partial charge in [-0.2, -0.15) is 13.2 Å². The predicted octanol–water partition coefficient (Wildman–Crippen LogP) is 5.27. The summed E-state index contributed by atoms with van der Waals surface area (Å²) in [6, 6.07) is 2.30. The third-order valence-electron chi connectivity index (χ3n) is 4.50. The van der Waals surface area contributed by atoms with Crippen LogP contribution in [0.15, 0.2) is 23.2 Å². The number of carbonyl (C=O) groups is 1. The number of aryl methyl sites for hydroxylation is 1. The van der Waals surface area contributed by atoms with Crippen molar-refractivity contribution in [3.8, 4) is 0 Å². The lowest BCUT2D eigenvalue weighted by Crippen LogP contribution is -2.12. The van der Waals surface area contributed by atoms with E-state index in [-0.39, 0.29) is 5.56 Å². The van der Waals surface area contributed by atoms with Crippen LogP contribution in [0.2, 0.25) is 0 Å². The number of hydrogen-bond donors (Lipinski definition) is 0. The first-order chi connectivity index (χ1) is 11.4. The number of ether oxygens (including phenoxy) is 1. The van der Waals surface area contributed by atoms with Crippen molar-refractivity contribution in [2.75, 3.05) is 0 Å². The molecule has 1 aliphatic rings. The summed E-state index contributed by atoms with van der Waals surface area (Å²) in [6.07, 6.45) is -3.91. The van der Waals surface area contributed by atoms with Crippen LogP contribution < -0.4 is 0 Å². The van der Waals surface area contributed by atoms with Crippen LogP contribution in [0.4, 0.5) is 22.0 Å². The highest BCUT2D eigenvalue weighted by molar-refractivity contribution is 6.30. The van der Waals surface area contributed by atoms with Gasteiger partial charge in [0.2, 0.25) is 0 Å². The molecular weight excluding hydrogens is 367 g/mol. The minimum absolute atomic E-state index is 0.192. The lowest BCUT2D eigenvalue weighted by molar-refractivity contribution is -0.147. The van der Waals surface area contributed by atoms with Crippen LogP contribution in [0.3, 0.4) is 0 Å². The maximum Gasteiger partial charge on any atom is 0.426 e. The van der Waals surface area contributed by atoms with E-state index >= 15 is 0 Å². The fraction of sp³-hybridized carbons (Fsp3) is 0.471. The molecule has 0 unspecified atom stereocenters. The summed E-state index contributed by atoms with van der Waals surface area (Å²) in [5, 5.41) is -1.31. The number of carbonyl (C=O) groups excluding carboxylic acids is 1. The van der Waals surface area contributed by atoms with Gasteiger partial charge in [-0.15, -0.1) is 0 Å². The van der Waals surface area contributed by atoms with E-state index in [0.717, 1.165) is 12.1 Å². The summed E-state index contributed by atoms with van der Waals surface area (Å²) >= 11 is 5.21. The second-order valence-electron chi connectivity index (χ2n) is 6.60. The Morgan fingerprint density at radius 1 is 1.32 bits per heavy atom. The zero-order valence-electron chi connectivity index (χ0n) is 13.7. The molecule has 1 saturated carbocycles. The Morgan fingerprint density at radius 2 is 1.92 bits per heavy atom. The number of alkyl halides is 3. The second-order valence-corrected chi connectivity index (χ2v) is 7.01. The van der Waals surface area contributed by atoms with Crippen LogP contribution in [0.5, 0.6) is 0 Å². The Kier molecular flexibility index (Phi) is 5.19. The summed E-state index contributed by atoms with van der Waals surface area (Å²) in [5.41, 5.74) is -0.990. The van der Waals surface area contributed by atoms with Crippen molar-refractivity contribution < 1.29 is 31.5 Å². The smallest absolute Gasteiger partial charge is 0.426 e. The molecular formula is C17H16ClF5O2. The van der Waals surface area contributed by atoms with Crippen molar-refractivity contribution in [2.24, 2.45) is 17.3 Å². The Bertz CT molecular complexity index is 724. The van der Waals surface area contributed by atoms with E-state index in [1.807, 2.05) is 0 Å². The van der Waals surface area contributed by atoms with Gasteiger partial charge >= 0.3 is 12.1 Å². The van der Waals surface area contributed by atoms with E-state index in [2.05, 4.69) is 0 Å². The maximum atomic E-state index is 13.9. The highest BCUT2D eigenvalue weighted by Crippen LogP contribution is 2.60. The molecule has 0 spiro atoms. The molecule has 1 fully saturated rings. The van der Waals surface area contributed by atoms with E-state index in [4.69, 9.17) is 16.3 Å². The zero-order chi connectivity index (χ0) is 19.2. The molecule has 0 radical (unpaired) electrons. The van der Waals surface area contributed by atoms with Gasteiger partial charge in [0.1, 0.15) is 23.3 Å². The van der Waals surface area contributed by atoms with Gasteiger partial charge in [-0.3, -0.25) is 4.79 Å². The fourth-order valence-electron chi connectivity index (χ4n) is 2.77. The SMILES string of the molecule is Cc1ccc(F)c(COC(=O)[C@@H]2[C@H](/C=C(\Cl)C(F)(F)F)C2(C)C)c1F. The minimum Gasteiger partial charge on any atom is -0.460 e. The van der Waals surface area contributed by atoms with Crippen LogP contribution in [0, 0.1) is 35.8 Å². The van der Waals surface area contributed by atoms with Gasteiger partial charge in [0.15, 0.2) is 0 Å². The lowest BCUT2D eigenvalue weighted by Gasteiger charge is -2.09. The van der Waals surface area contributed by atoms with Crippen molar-refractivity contribution in [1.29, 1.82) is 0 Å². The Balaban J connectivity index is 2.09. The first-order valence-corrected chi connectivity index (χ1v) is 7.79. The molecule has 2 atom stereocenters. The van der Waals surface area contributed by atoms with Gasteiger partial charge in [0.05, 0.1) is 11.5 Å². The molecule has 0 amide bonds. The average Bonchev–Trinajstić information content (AvgIpc) is 3.02. The third kappa shape index (κ3) is 3.97. The topological polar surface area (TPSA) is 26.3 Å². The van der Waals surface area contributed by atoms with Crippen LogP contribution in [0.25, 0.3) is 0 Å². The molecule has 1 aromatic rings. The van der Waals surface area contributed by atoms with Crippen molar-refractivity contribution in [3.05, 3.63) is 46.0 Å². The molecule has 8 heteroatoms. The molecule has 0 saturated heterocycles. The zero-order valence-corrected chi connectivity index (χ0v) is 14.4. The molecule has 0 heterocycles. The normalized spacial score (nSPS) is 22.7. The van der Waals surface area contributed by atoms with Crippen LogP contribution >= 0.6 is 11.6 Å². The fourth-order valence-corrected chi connectivity index (χ4v) is 2.91. The largest absolute Gasteiger partial charge is 0.460 e. The molecule has 0 bridgehead atoms. The quantitative estimate of drug-likeness (QED) is 0.523. The Labute approximate surface area is 146 Å². The van der Waals surface area contributed by atoms with Gasteiger partial charge in [-0.1, -0.05) is 37.6 Å². The first kappa shape index (κ1) is 19.7. The van der Waals surface area contributed by atoms with Crippen LogP contribution in [-0.4, -0.2) is 12.1 Å². The Morgan fingerprint density at radius 3 is 2.48 bits per heavy atom. The van der Waals surface area contributed by atoms with Crippen molar-refractivity contribution in [3.63, 3.8) is 0 Å². The highest BCUT2D eigenvalue weighted by atomic mass is 35.5. The summed E-state index contributed by atoms with van der Waals surface area (Å²) in [7, 11) is 0. The van der Waals surface area contributed by atoms with E-state index in [1.165, 1.54) is 13.0 Å². The summed E-state index contributed by atoms with van der Waals surface area (Å²) < 4.78 is 70.0. The van der Waals surface area contributed by atoms with E-state index in [0.29, 0.717) is 0 Å². The molecule has 0 N–H and O–H groups in total. The molecule has 1 aliphatic carbocycles. The highest BCUT2D eigenvalue weighted by Gasteiger charge is 2.62. The van der Waals surface area contributed by atoms with E-state index < -0.39 is 58.2 Å². The van der Waals surface area contributed by atoms with Crippen LogP contribution in [0.1, 0.15) is 25.0 Å². The number of benzene rings is 1. The standard InChI is InChI=1S/C17H16ClF5O2/c1-8-4-5-11(19)9(14(8)20)7-25-15(24)13-10(16(13,2)3)6-12(18)17(21,22)23/h4-6,10,13H,7H2,1-3H3/b12-6-/t10-,13-/m0/s1. The maximum absolute atomic E-state index is 13.9. The predicted molar refractivity (Wildman–Crippen MR) is 81.6 cm³/mol. The monoisotopic (exact) mass is 382 g/mol. The van der Waals surface area contributed by atoms with Crippen molar-refractivity contribution in [2.45, 2.75) is 33.6 Å². The molecule has 25 heavy (non-hydrogen) atoms. The molecule has 138 valence electrons. The summed E-state index contributed by atoms with van der Waals surface area (Å²) in [5.74, 6) is -4.12. The number of esters is 1. The van der Waals surface area contributed by atoms with Gasteiger partial charge < -0.3 is 4.74 Å². The molecule has 0 aliphatic heterocycles. The molecule has 0 aromatic heterocycles. The summed E-state index contributed by atoms with van der Waals surface area (Å²) in [6.45, 7) is 3.99. The average molecular weight is 383 g/mol. The number of rotatable bonds is 4.